The number of hydrogen-bond donors (Lipinski definition) is 1. The predicted molar refractivity (Wildman–Crippen MR) is 92.3 cm³/mol. The molecule has 2 N–H and O–H groups in total. The number of rotatable bonds is 3. The molecule has 2 nitrogen and oxygen atoms in total. The van der Waals surface area contributed by atoms with Crippen molar-refractivity contribution >= 4 is 23.4 Å². The molecule has 3 rings (SSSR count). The standard InChI is InChI=1S/C17H23ClN2S/c18-14-9-7-13(8-10-14)17-20(16(11-19)12-21-17)15-5-3-1-2-4-6-15/h7-10,12,15,17H,1-6,11,19H2. The van der Waals surface area contributed by atoms with Crippen LogP contribution < -0.4 is 5.73 Å². The lowest BCUT2D eigenvalue weighted by Gasteiger charge is -2.36. The molecule has 1 heterocycles. The molecular formula is C17H23ClN2S. The van der Waals surface area contributed by atoms with E-state index in [2.05, 4.69) is 22.4 Å². The van der Waals surface area contributed by atoms with Crippen LogP contribution in [-0.2, 0) is 0 Å². The second kappa shape index (κ2) is 7.08. The van der Waals surface area contributed by atoms with Gasteiger partial charge in [-0.15, -0.1) is 11.8 Å². The highest BCUT2D eigenvalue weighted by atomic mass is 35.5. The van der Waals surface area contributed by atoms with E-state index in [9.17, 15) is 0 Å². The van der Waals surface area contributed by atoms with Crippen LogP contribution in [0, 0.1) is 0 Å². The minimum absolute atomic E-state index is 0.365. The first-order valence-corrected chi connectivity index (χ1v) is 9.20. The van der Waals surface area contributed by atoms with Crippen molar-refractivity contribution in [3.05, 3.63) is 46.0 Å². The van der Waals surface area contributed by atoms with E-state index in [0.717, 1.165) is 5.02 Å². The van der Waals surface area contributed by atoms with Crippen LogP contribution in [0.4, 0.5) is 0 Å². The summed E-state index contributed by atoms with van der Waals surface area (Å²) in [5.41, 5.74) is 8.62. The largest absolute Gasteiger partial charge is 0.354 e. The lowest BCUT2D eigenvalue weighted by atomic mass is 10.0. The number of thioether (sulfide) groups is 1. The highest BCUT2D eigenvalue weighted by Gasteiger charge is 2.33. The van der Waals surface area contributed by atoms with E-state index >= 15 is 0 Å². The van der Waals surface area contributed by atoms with Crippen molar-refractivity contribution in [1.29, 1.82) is 0 Å². The predicted octanol–water partition coefficient (Wildman–Crippen LogP) is 4.91. The lowest BCUT2D eigenvalue weighted by molar-refractivity contribution is 0.219. The van der Waals surface area contributed by atoms with Crippen LogP contribution in [0.25, 0.3) is 0 Å². The molecule has 114 valence electrons. The third-order valence-electron chi connectivity index (χ3n) is 4.50. The first-order chi connectivity index (χ1) is 10.3. The van der Waals surface area contributed by atoms with E-state index in [1.807, 2.05) is 23.9 Å². The van der Waals surface area contributed by atoms with Crippen LogP contribution in [-0.4, -0.2) is 17.5 Å². The monoisotopic (exact) mass is 322 g/mol. The van der Waals surface area contributed by atoms with Gasteiger partial charge in [0.1, 0.15) is 5.37 Å². The van der Waals surface area contributed by atoms with Gasteiger partial charge in [-0.05, 0) is 35.9 Å². The van der Waals surface area contributed by atoms with E-state index in [-0.39, 0.29) is 0 Å². The summed E-state index contributed by atoms with van der Waals surface area (Å²) in [6.45, 7) is 0.633. The number of hydrogen-bond acceptors (Lipinski definition) is 3. The van der Waals surface area contributed by atoms with Gasteiger partial charge in [0.05, 0.1) is 0 Å². The molecule has 0 spiro atoms. The molecule has 1 unspecified atom stereocenters. The molecule has 1 aromatic carbocycles. The average molecular weight is 323 g/mol. The van der Waals surface area contributed by atoms with Crippen LogP contribution in [0.3, 0.4) is 0 Å². The van der Waals surface area contributed by atoms with Crippen LogP contribution in [0.1, 0.15) is 49.5 Å². The van der Waals surface area contributed by atoms with Crippen molar-refractivity contribution in [1.82, 2.24) is 4.90 Å². The van der Waals surface area contributed by atoms with Crippen LogP contribution in [0.2, 0.25) is 5.02 Å². The number of nitrogens with two attached hydrogens (primary N) is 1. The zero-order valence-electron chi connectivity index (χ0n) is 12.3. The lowest BCUT2D eigenvalue weighted by Crippen LogP contribution is -2.36. The smallest absolute Gasteiger partial charge is 0.105 e. The van der Waals surface area contributed by atoms with E-state index in [1.165, 1.54) is 49.8 Å². The SMILES string of the molecule is NCC1=CSC(c2ccc(Cl)cc2)N1C1CCCCCC1. The molecule has 0 aromatic heterocycles. The molecule has 0 saturated heterocycles. The van der Waals surface area contributed by atoms with Crippen molar-refractivity contribution in [2.75, 3.05) is 6.54 Å². The van der Waals surface area contributed by atoms with Crippen molar-refractivity contribution in [2.24, 2.45) is 5.73 Å². The molecule has 0 radical (unpaired) electrons. The molecule has 4 heteroatoms. The molecular weight excluding hydrogens is 300 g/mol. The number of benzene rings is 1. The Morgan fingerprint density at radius 2 is 1.76 bits per heavy atom. The first-order valence-electron chi connectivity index (χ1n) is 7.88. The molecule has 1 aromatic rings. The Kier molecular flexibility index (Phi) is 5.15. The molecule has 21 heavy (non-hydrogen) atoms. The summed E-state index contributed by atoms with van der Waals surface area (Å²) in [5, 5.41) is 3.42. The van der Waals surface area contributed by atoms with Gasteiger partial charge in [-0.3, -0.25) is 0 Å². The van der Waals surface area contributed by atoms with Crippen molar-refractivity contribution in [3.63, 3.8) is 0 Å². The van der Waals surface area contributed by atoms with Gasteiger partial charge in [-0.1, -0.05) is 49.4 Å². The summed E-state index contributed by atoms with van der Waals surface area (Å²) >= 11 is 7.91. The average Bonchev–Trinajstić information content (AvgIpc) is 2.75. The van der Waals surface area contributed by atoms with Gasteiger partial charge >= 0.3 is 0 Å². The van der Waals surface area contributed by atoms with Crippen molar-refractivity contribution in [3.8, 4) is 0 Å². The Morgan fingerprint density at radius 1 is 1.10 bits per heavy atom. The fourth-order valence-corrected chi connectivity index (χ4v) is 4.78. The second-order valence-electron chi connectivity index (χ2n) is 5.91. The summed E-state index contributed by atoms with van der Waals surface area (Å²) in [4.78, 5) is 2.58. The summed E-state index contributed by atoms with van der Waals surface area (Å²) in [7, 11) is 0. The summed E-state index contributed by atoms with van der Waals surface area (Å²) in [5.74, 6) is 0. The van der Waals surface area contributed by atoms with E-state index < -0.39 is 0 Å². The van der Waals surface area contributed by atoms with Crippen LogP contribution in [0.15, 0.2) is 35.4 Å². The van der Waals surface area contributed by atoms with Gasteiger partial charge in [0, 0.05) is 23.3 Å². The Balaban J connectivity index is 1.84. The summed E-state index contributed by atoms with van der Waals surface area (Å²) < 4.78 is 0. The molecule has 0 amide bonds. The molecule has 1 atom stereocenters. The van der Waals surface area contributed by atoms with Gasteiger partial charge in [0.2, 0.25) is 0 Å². The minimum atomic E-state index is 0.365. The van der Waals surface area contributed by atoms with E-state index in [4.69, 9.17) is 17.3 Å². The third-order valence-corrected chi connectivity index (χ3v) is 5.92. The minimum Gasteiger partial charge on any atom is -0.354 e. The second-order valence-corrected chi connectivity index (χ2v) is 7.30. The van der Waals surface area contributed by atoms with Crippen LogP contribution >= 0.6 is 23.4 Å². The molecule has 1 aliphatic heterocycles. The zero-order valence-corrected chi connectivity index (χ0v) is 13.9. The third kappa shape index (κ3) is 3.41. The van der Waals surface area contributed by atoms with E-state index in [0.29, 0.717) is 18.0 Å². The zero-order chi connectivity index (χ0) is 14.7. The van der Waals surface area contributed by atoms with Gasteiger partial charge in [0.25, 0.3) is 0 Å². The van der Waals surface area contributed by atoms with E-state index in [1.54, 1.807) is 0 Å². The molecule has 1 fully saturated rings. The normalized spacial score (nSPS) is 24.0. The fourth-order valence-electron chi connectivity index (χ4n) is 3.40. The quantitative estimate of drug-likeness (QED) is 0.802. The van der Waals surface area contributed by atoms with Crippen molar-refractivity contribution in [2.45, 2.75) is 49.9 Å². The Bertz CT molecular complexity index is 492. The van der Waals surface area contributed by atoms with Gasteiger partial charge < -0.3 is 10.6 Å². The summed E-state index contributed by atoms with van der Waals surface area (Å²) in [6.07, 6.45) is 8.04. The first kappa shape index (κ1) is 15.3. The molecule has 2 aliphatic rings. The Morgan fingerprint density at radius 3 is 2.38 bits per heavy atom. The highest BCUT2D eigenvalue weighted by Crippen LogP contribution is 2.45. The van der Waals surface area contributed by atoms with Gasteiger partial charge in [-0.25, -0.2) is 0 Å². The summed E-state index contributed by atoms with van der Waals surface area (Å²) in [6, 6.07) is 8.92. The molecule has 1 aliphatic carbocycles. The maximum absolute atomic E-state index is 6.03. The van der Waals surface area contributed by atoms with Crippen molar-refractivity contribution < 1.29 is 0 Å². The fraction of sp³-hybridized carbons (Fsp3) is 0.529. The number of nitrogens with zero attached hydrogens (tertiary/aromatic N) is 1. The Labute approximate surface area is 136 Å². The maximum Gasteiger partial charge on any atom is 0.105 e. The maximum atomic E-state index is 6.03. The number of halogens is 1. The topological polar surface area (TPSA) is 29.3 Å². The van der Waals surface area contributed by atoms with Gasteiger partial charge in [-0.2, -0.15) is 0 Å². The highest BCUT2D eigenvalue weighted by molar-refractivity contribution is 8.02. The Hall–Kier alpha value is -0.640. The molecule has 0 bridgehead atoms. The van der Waals surface area contributed by atoms with Gasteiger partial charge in [0.15, 0.2) is 0 Å². The van der Waals surface area contributed by atoms with Crippen LogP contribution in [0.5, 0.6) is 0 Å². The molecule has 1 saturated carbocycles.